The van der Waals surface area contributed by atoms with Crippen molar-refractivity contribution in [1.82, 2.24) is 9.80 Å². The molecule has 0 radical (unpaired) electrons. The van der Waals surface area contributed by atoms with Crippen LogP contribution in [0.15, 0.2) is 29.3 Å². The molecule has 6 rings (SSSR count). The van der Waals surface area contributed by atoms with Gasteiger partial charge in [-0.2, -0.15) is 0 Å². The molecule has 0 aromatic heterocycles. The quantitative estimate of drug-likeness (QED) is 0.509. The first-order valence-electron chi connectivity index (χ1n) is 12.7. The lowest BCUT2D eigenvalue weighted by Crippen LogP contribution is -2.49. The molecule has 3 heterocycles. The fourth-order valence-corrected chi connectivity index (χ4v) is 7.03. The van der Waals surface area contributed by atoms with Crippen LogP contribution in [-0.2, 0) is 16.1 Å². The molecule has 3 fully saturated rings. The third-order valence-corrected chi connectivity index (χ3v) is 8.94. The zero-order valence-electron chi connectivity index (χ0n) is 20.0. The van der Waals surface area contributed by atoms with Crippen LogP contribution in [0.1, 0.15) is 51.5 Å². The molecular formula is C27H36N2O4. The van der Waals surface area contributed by atoms with Crippen LogP contribution in [0.5, 0.6) is 11.5 Å². The molecule has 4 unspecified atom stereocenters. The molecule has 0 spiro atoms. The van der Waals surface area contributed by atoms with Crippen LogP contribution in [0, 0.1) is 17.3 Å². The van der Waals surface area contributed by atoms with Crippen molar-refractivity contribution < 1.29 is 19.0 Å². The van der Waals surface area contributed by atoms with Gasteiger partial charge in [0.1, 0.15) is 6.10 Å². The van der Waals surface area contributed by atoms with Crippen LogP contribution in [0.2, 0.25) is 0 Å². The van der Waals surface area contributed by atoms with Gasteiger partial charge in [0, 0.05) is 45.2 Å². The maximum atomic E-state index is 12.9. The van der Waals surface area contributed by atoms with Crippen molar-refractivity contribution in [1.29, 1.82) is 0 Å². The fourth-order valence-electron chi connectivity index (χ4n) is 7.03. The standard InChI is InChI=1S/C27H36N2O4/c1-18-4-3-7-27(2)14-25-20(13-22(18)27)21(26(30)33-25)16-29-10-8-28(9-11-29)15-19-5-6-23-24(12-19)32-17-31-23/h5-6,12,20-21,25H,3-4,7-11,13-17H2,1-2H3. The molecule has 4 atom stereocenters. The molecule has 3 aliphatic heterocycles. The number of fused-ring (bicyclic) bond motifs is 3. The highest BCUT2D eigenvalue weighted by Crippen LogP contribution is 2.55. The number of carbonyl (C=O) groups is 1. The zero-order valence-corrected chi connectivity index (χ0v) is 20.0. The second kappa shape index (κ2) is 8.31. The van der Waals surface area contributed by atoms with Crippen molar-refractivity contribution in [3.05, 3.63) is 34.9 Å². The largest absolute Gasteiger partial charge is 0.462 e. The first kappa shape index (κ1) is 21.5. The summed E-state index contributed by atoms with van der Waals surface area (Å²) in [4.78, 5) is 17.9. The predicted molar refractivity (Wildman–Crippen MR) is 125 cm³/mol. The number of piperazine rings is 1. The Kier molecular flexibility index (Phi) is 5.41. The van der Waals surface area contributed by atoms with Gasteiger partial charge in [0.25, 0.3) is 0 Å². The number of carbonyl (C=O) groups excluding carboxylic acids is 1. The number of hydrogen-bond donors (Lipinski definition) is 0. The van der Waals surface area contributed by atoms with Gasteiger partial charge in [-0.3, -0.25) is 14.6 Å². The lowest BCUT2D eigenvalue weighted by atomic mass is 9.59. The Morgan fingerprint density at radius 3 is 2.73 bits per heavy atom. The molecule has 178 valence electrons. The molecule has 33 heavy (non-hydrogen) atoms. The van der Waals surface area contributed by atoms with Crippen molar-refractivity contribution in [3.8, 4) is 11.5 Å². The third-order valence-electron chi connectivity index (χ3n) is 8.94. The normalized spacial score (nSPS) is 34.2. The second-order valence-corrected chi connectivity index (χ2v) is 11.1. The topological polar surface area (TPSA) is 51.2 Å². The van der Waals surface area contributed by atoms with Crippen molar-refractivity contribution in [2.24, 2.45) is 17.3 Å². The van der Waals surface area contributed by atoms with Gasteiger partial charge in [-0.1, -0.05) is 24.1 Å². The van der Waals surface area contributed by atoms with Crippen LogP contribution >= 0.6 is 0 Å². The van der Waals surface area contributed by atoms with Crippen molar-refractivity contribution in [2.75, 3.05) is 39.5 Å². The average molecular weight is 453 g/mol. The molecular weight excluding hydrogens is 416 g/mol. The second-order valence-electron chi connectivity index (χ2n) is 11.1. The van der Waals surface area contributed by atoms with Gasteiger partial charge in [0.2, 0.25) is 6.79 Å². The Morgan fingerprint density at radius 1 is 1.09 bits per heavy atom. The van der Waals surface area contributed by atoms with Gasteiger partial charge in [-0.15, -0.1) is 0 Å². The van der Waals surface area contributed by atoms with Gasteiger partial charge >= 0.3 is 5.97 Å². The van der Waals surface area contributed by atoms with Gasteiger partial charge in [-0.25, -0.2) is 0 Å². The van der Waals surface area contributed by atoms with E-state index in [0.717, 1.165) is 63.6 Å². The van der Waals surface area contributed by atoms with Crippen LogP contribution < -0.4 is 9.47 Å². The van der Waals surface area contributed by atoms with Gasteiger partial charge in [0.15, 0.2) is 11.5 Å². The molecule has 6 heteroatoms. The highest BCUT2D eigenvalue weighted by atomic mass is 16.7. The summed E-state index contributed by atoms with van der Waals surface area (Å²) in [5.74, 6) is 2.13. The monoisotopic (exact) mass is 452 g/mol. The van der Waals surface area contributed by atoms with Crippen molar-refractivity contribution in [2.45, 2.75) is 58.6 Å². The summed E-state index contributed by atoms with van der Waals surface area (Å²) >= 11 is 0. The van der Waals surface area contributed by atoms with Crippen molar-refractivity contribution in [3.63, 3.8) is 0 Å². The summed E-state index contributed by atoms with van der Waals surface area (Å²) in [7, 11) is 0. The highest BCUT2D eigenvalue weighted by Gasteiger charge is 2.53. The summed E-state index contributed by atoms with van der Waals surface area (Å²) < 4.78 is 16.9. The summed E-state index contributed by atoms with van der Waals surface area (Å²) in [5.41, 5.74) is 4.74. The minimum atomic E-state index is 0.0298. The molecule has 1 saturated carbocycles. The third kappa shape index (κ3) is 3.95. The number of rotatable bonds is 4. The average Bonchev–Trinajstić information content (AvgIpc) is 3.37. The summed E-state index contributed by atoms with van der Waals surface area (Å²) in [6.07, 6.45) is 5.96. The van der Waals surface area contributed by atoms with Crippen LogP contribution in [-0.4, -0.2) is 61.4 Å². The van der Waals surface area contributed by atoms with E-state index < -0.39 is 0 Å². The van der Waals surface area contributed by atoms with Gasteiger partial charge in [0.05, 0.1) is 5.92 Å². The van der Waals surface area contributed by atoms with E-state index in [1.54, 1.807) is 11.1 Å². The number of allylic oxidation sites excluding steroid dienone is 2. The number of esters is 1. The Labute approximate surface area is 196 Å². The Hall–Kier alpha value is -2.05. The van der Waals surface area contributed by atoms with E-state index in [4.69, 9.17) is 14.2 Å². The Balaban J connectivity index is 1.06. The molecule has 0 bridgehead atoms. The maximum absolute atomic E-state index is 12.9. The SMILES string of the molecule is CC1=C2CC3C(CC2(C)CCC1)OC(=O)C3CN1CCN(Cc2ccc3c(c2)OCO3)CC1. The zero-order chi connectivity index (χ0) is 22.6. The lowest BCUT2D eigenvalue weighted by molar-refractivity contribution is -0.145. The van der Waals surface area contributed by atoms with E-state index in [9.17, 15) is 4.79 Å². The first-order chi connectivity index (χ1) is 16.0. The minimum absolute atomic E-state index is 0.0298. The molecule has 2 aliphatic carbocycles. The summed E-state index contributed by atoms with van der Waals surface area (Å²) in [5, 5.41) is 0. The number of benzene rings is 1. The molecule has 1 aromatic rings. The number of ether oxygens (including phenoxy) is 3. The maximum Gasteiger partial charge on any atom is 0.310 e. The van der Waals surface area contributed by atoms with E-state index in [1.165, 1.54) is 24.8 Å². The molecule has 0 N–H and O–H groups in total. The lowest BCUT2D eigenvalue weighted by Gasteiger charge is -2.46. The van der Waals surface area contributed by atoms with Crippen LogP contribution in [0.4, 0.5) is 0 Å². The Bertz CT molecular complexity index is 967. The van der Waals surface area contributed by atoms with E-state index in [0.29, 0.717) is 12.7 Å². The van der Waals surface area contributed by atoms with E-state index in [2.05, 4.69) is 35.8 Å². The molecule has 1 aromatic carbocycles. The predicted octanol–water partition coefficient (Wildman–Crippen LogP) is 3.99. The highest BCUT2D eigenvalue weighted by molar-refractivity contribution is 5.76. The van der Waals surface area contributed by atoms with Gasteiger partial charge in [-0.05, 0) is 62.1 Å². The van der Waals surface area contributed by atoms with Crippen LogP contribution in [0.3, 0.4) is 0 Å². The smallest absolute Gasteiger partial charge is 0.310 e. The number of nitrogens with zero attached hydrogens (tertiary/aromatic N) is 2. The fraction of sp³-hybridized carbons (Fsp3) is 0.667. The summed E-state index contributed by atoms with van der Waals surface area (Å²) in [6.45, 7) is 10.9. The Morgan fingerprint density at radius 2 is 1.88 bits per heavy atom. The number of hydrogen-bond acceptors (Lipinski definition) is 6. The van der Waals surface area contributed by atoms with E-state index in [1.807, 2.05) is 6.07 Å². The van der Waals surface area contributed by atoms with Crippen molar-refractivity contribution >= 4 is 5.97 Å². The van der Waals surface area contributed by atoms with Crippen LogP contribution in [0.25, 0.3) is 0 Å². The molecule has 0 amide bonds. The van der Waals surface area contributed by atoms with Gasteiger partial charge < -0.3 is 14.2 Å². The van der Waals surface area contributed by atoms with E-state index in [-0.39, 0.29) is 23.4 Å². The van der Waals surface area contributed by atoms with E-state index >= 15 is 0 Å². The minimum Gasteiger partial charge on any atom is -0.462 e. The molecule has 5 aliphatic rings. The molecule has 2 saturated heterocycles. The molecule has 6 nitrogen and oxygen atoms in total. The summed E-state index contributed by atoms with van der Waals surface area (Å²) in [6, 6.07) is 6.24. The first-order valence-corrected chi connectivity index (χ1v) is 12.7.